The first-order chi connectivity index (χ1) is 9.70. The zero-order chi connectivity index (χ0) is 14.4. The summed E-state index contributed by atoms with van der Waals surface area (Å²) < 4.78 is 13.7. The Balaban J connectivity index is 1.95. The molecule has 0 aliphatic carbocycles. The van der Waals surface area contributed by atoms with Gasteiger partial charge in [0.25, 0.3) is 0 Å². The lowest BCUT2D eigenvalue weighted by molar-refractivity contribution is 0.240. The van der Waals surface area contributed by atoms with Gasteiger partial charge in [-0.25, -0.2) is 4.39 Å². The Morgan fingerprint density at radius 2 is 1.85 bits per heavy atom. The van der Waals surface area contributed by atoms with Gasteiger partial charge in [0, 0.05) is 18.2 Å². The van der Waals surface area contributed by atoms with Gasteiger partial charge in [-0.3, -0.25) is 0 Å². The molecule has 2 nitrogen and oxygen atoms in total. The standard InChI is InChI=1S/C16H17ClFNO/c17-15-8-4-7-13(16(15)18)10-19-14(11-20)9-12-5-2-1-3-6-12/h1-8,14,19-20H,9-11H2. The first-order valence-electron chi connectivity index (χ1n) is 6.51. The minimum Gasteiger partial charge on any atom is -0.395 e. The highest BCUT2D eigenvalue weighted by Gasteiger charge is 2.11. The maximum absolute atomic E-state index is 13.7. The fourth-order valence-electron chi connectivity index (χ4n) is 2.04. The zero-order valence-electron chi connectivity index (χ0n) is 11.0. The van der Waals surface area contributed by atoms with E-state index in [4.69, 9.17) is 11.6 Å². The van der Waals surface area contributed by atoms with E-state index in [1.54, 1.807) is 12.1 Å². The molecule has 0 bridgehead atoms. The van der Waals surface area contributed by atoms with Gasteiger partial charge in [-0.05, 0) is 18.1 Å². The Morgan fingerprint density at radius 3 is 2.55 bits per heavy atom. The van der Waals surface area contributed by atoms with Crippen molar-refractivity contribution in [2.24, 2.45) is 0 Å². The number of hydrogen-bond acceptors (Lipinski definition) is 2. The quantitative estimate of drug-likeness (QED) is 0.857. The normalized spacial score (nSPS) is 12.3. The van der Waals surface area contributed by atoms with E-state index in [1.165, 1.54) is 6.07 Å². The van der Waals surface area contributed by atoms with Crippen LogP contribution in [0.25, 0.3) is 0 Å². The SMILES string of the molecule is OCC(Cc1ccccc1)NCc1cccc(Cl)c1F. The van der Waals surface area contributed by atoms with Gasteiger partial charge in [0.2, 0.25) is 0 Å². The van der Waals surface area contributed by atoms with Crippen LogP contribution in [0.4, 0.5) is 4.39 Å². The minimum atomic E-state index is -0.405. The average molecular weight is 294 g/mol. The van der Waals surface area contributed by atoms with Gasteiger partial charge in [0.15, 0.2) is 0 Å². The average Bonchev–Trinajstić information content (AvgIpc) is 2.48. The van der Waals surface area contributed by atoms with E-state index < -0.39 is 5.82 Å². The van der Waals surface area contributed by atoms with Crippen LogP contribution in [0.3, 0.4) is 0 Å². The molecule has 1 unspecified atom stereocenters. The molecule has 2 aromatic rings. The Labute approximate surface area is 123 Å². The molecular weight excluding hydrogens is 277 g/mol. The highest BCUT2D eigenvalue weighted by molar-refractivity contribution is 6.30. The molecule has 0 aromatic heterocycles. The minimum absolute atomic E-state index is 0.00290. The Morgan fingerprint density at radius 1 is 1.10 bits per heavy atom. The molecule has 0 saturated carbocycles. The van der Waals surface area contributed by atoms with E-state index in [0.29, 0.717) is 18.5 Å². The van der Waals surface area contributed by atoms with Crippen molar-refractivity contribution in [3.05, 3.63) is 70.5 Å². The van der Waals surface area contributed by atoms with E-state index in [9.17, 15) is 9.50 Å². The predicted molar refractivity (Wildman–Crippen MR) is 79.3 cm³/mol. The number of benzene rings is 2. The van der Waals surface area contributed by atoms with Crippen LogP contribution in [0.2, 0.25) is 5.02 Å². The van der Waals surface area contributed by atoms with Gasteiger partial charge in [0.1, 0.15) is 5.82 Å². The van der Waals surface area contributed by atoms with E-state index in [-0.39, 0.29) is 17.7 Å². The summed E-state index contributed by atoms with van der Waals surface area (Å²) in [7, 11) is 0. The van der Waals surface area contributed by atoms with Crippen molar-refractivity contribution in [2.45, 2.75) is 19.0 Å². The second-order valence-corrected chi connectivity index (χ2v) is 5.07. The highest BCUT2D eigenvalue weighted by Crippen LogP contribution is 2.17. The van der Waals surface area contributed by atoms with Gasteiger partial charge in [0.05, 0.1) is 11.6 Å². The molecule has 0 fully saturated rings. The van der Waals surface area contributed by atoms with Crippen LogP contribution in [0.1, 0.15) is 11.1 Å². The third-order valence-electron chi connectivity index (χ3n) is 3.16. The lowest BCUT2D eigenvalue weighted by Gasteiger charge is -2.17. The maximum Gasteiger partial charge on any atom is 0.146 e. The first-order valence-corrected chi connectivity index (χ1v) is 6.89. The van der Waals surface area contributed by atoms with Crippen molar-refractivity contribution >= 4 is 11.6 Å². The van der Waals surface area contributed by atoms with Crippen LogP contribution in [0.5, 0.6) is 0 Å². The molecule has 0 spiro atoms. The molecule has 0 amide bonds. The van der Waals surface area contributed by atoms with Crippen LogP contribution >= 0.6 is 11.6 Å². The highest BCUT2D eigenvalue weighted by atomic mass is 35.5. The first kappa shape index (κ1) is 15.0. The molecular formula is C16H17ClFNO. The Kier molecular flexibility index (Phi) is 5.53. The molecule has 0 heterocycles. The summed E-state index contributed by atoms with van der Waals surface area (Å²) in [6.45, 7) is 0.335. The summed E-state index contributed by atoms with van der Waals surface area (Å²) in [6, 6.07) is 14.7. The summed E-state index contributed by atoms with van der Waals surface area (Å²) >= 11 is 5.74. The number of aliphatic hydroxyl groups is 1. The molecule has 2 rings (SSSR count). The van der Waals surface area contributed by atoms with Crippen molar-refractivity contribution in [2.75, 3.05) is 6.61 Å². The second kappa shape index (κ2) is 7.39. The maximum atomic E-state index is 13.7. The molecule has 4 heteroatoms. The summed E-state index contributed by atoms with van der Waals surface area (Å²) in [5.74, 6) is -0.405. The lowest BCUT2D eigenvalue weighted by Crippen LogP contribution is -2.34. The van der Waals surface area contributed by atoms with E-state index >= 15 is 0 Å². The topological polar surface area (TPSA) is 32.3 Å². The van der Waals surface area contributed by atoms with Gasteiger partial charge < -0.3 is 10.4 Å². The molecule has 0 saturated heterocycles. The molecule has 1 atom stereocenters. The molecule has 20 heavy (non-hydrogen) atoms. The number of rotatable bonds is 6. The van der Waals surface area contributed by atoms with Crippen LogP contribution in [0.15, 0.2) is 48.5 Å². The number of aliphatic hydroxyl groups excluding tert-OH is 1. The summed E-state index contributed by atoms with van der Waals surface area (Å²) in [5, 5.41) is 12.7. The van der Waals surface area contributed by atoms with Crippen molar-refractivity contribution in [3.63, 3.8) is 0 Å². The van der Waals surface area contributed by atoms with Gasteiger partial charge >= 0.3 is 0 Å². The van der Waals surface area contributed by atoms with Gasteiger partial charge in [-0.1, -0.05) is 54.1 Å². The van der Waals surface area contributed by atoms with E-state index in [0.717, 1.165) is 5.56 Å². The largest absolute Gasteiger partial charge is 0.395 e. The van der Waals surface area contributed by atoms with E-state index in [1.807, 2.05) is 30.3 Å². The lowest BCUT2D eigenvalue weighted by atomic mass is 10.1. The van der Waals surface area contributed by atoms with Crippen LogP contribution in [-0.4, -0.2) is 17.8 Å². The number of halogens is 2. The van der Waals surface area contributed by atoms with Crippen LogP contribution in [-0.2, 0) is 13.0 Å². The summed E-state index contributed by atoms with van der Waals surface area (Å²) in [5.41, 5.74) is 1.63. The number of nitrogens with one attached hydrogen (secondary N) is 1. The van der Waals surface area contributed by atoms with Crippen LogP contribution < -0.4 is 5.32 Å². The monoisotopic (exact) mass is 293 g/mol. The van der Waals surface area contributed by atoms with Crippen LogP contribution in [0, 0.1) is 5.82 Å². The smallest absolute Gasteiger partial charge is 0.146 e. The van der Waals surface area contributed by atoms with Gasteiger partial charge in [-0.15, -0.1) is 0 Å². The van der Waals surface area contributed by atoms with Crippen molar-refractivity contribution in [3.8, 4) is 0 Å². The van der Waals surface area contributed by atoms with Crippen molar-refractivity contribution in [1.29, 1.82) is 0 Å². The third-order valence-corrected chi connectivity index (χ3v) is 3.45. The Bertz CT molecular complexity index is 547. The second-order valence-electron chi connectivity index (χ2n) is 4.66. The Hall–Kier alpha value is -1.42. The summed E-state index contributed by atoms with van der Waals surface area (Å²) in [6.07, 6.45) is 0.694. The fourth-order valence-corrected chi connectivity index (χ4v) is 2.23. The fraction of sp³-hybridized carbons (Fsp3) is 0.250. The molecule has 2 N–H and O–H groups in total. The predicted octanol–water partition coefficient (Wildman–Crippen LogP) is 3.17. The number of hydrogen-bond donors (Lipinski definition) is 2. The van der Waals surface area contributed by atoms with Gasteiger partial charge in [-0.2, -0.15) is 0 Å². The molecule has 0 radical (unpaired) electrons. The summed E-state index contributed by atoms with van der Waals surface area (Å²) in [4.78, 5) is 0. The van der Waals surface area contributed by atoms with Crippen molar-refractivity contribution < 1.29 is 9.50 Å². The molecule has 0 aliphatic heterocycles. The van der Waals surface area contributed by atoms with E-state index in [2.05, 4.69) is 5.32 Å². The molecule has 0 aliphatic rings. The third kappa shape index (κ3) is 4.04. The van der Waals surface area contributed by atoms with Crippen molar-refractivity contribution in [1.82, 2.24) is 5.32 Å². The zero-order valence-corrected chi connectivity index (χ0v) is 11.8. The molecule has 106 valence electrons. The molecule has 2 aromatic carbocycles.